The van der Waals surface area contributed by atoms with Gasteiger partial charge in [-0.05, 0) is 38.1 Å². The highest BCUT2D eigenvalue weighted by Gasteiger charge is 2.02. The van der Waals surface area contributed by atoms with Crippen molar-refractivity contribution in [2.24, 2.45) is 0 Å². The number of Topliss-reactive ketones (excluding diaryl/α,β-unsaturated/α-hetero) is 1. The topological polar surface area (TPSA) is 29.5 Å². The summed E-state index contributed by atoms with van der Waals surface area (Å²) in [7, 11) is 3.63. The number of likely N-dealkylation sites (N-methyl/N-ethyl adjacent to an activating group) is 1. The minimum absolute atomic E-state index is 0.202. The summed E-state index contributed by atoms with van der Waals surface area (Å²) in [6, 6.07) is 8.02. The van der Waals surface area contributed by atoms with Gasteiger partial charge in [-0.15, -0.1) is 0 Å². The average molecular weight is 221 g/mol. The fraction of sp³-hybridized carbons (Fsp3) is 0.462. The minimum Gasteiger partial charge on any atom is -0.497 e. The number of hydrogen-bond donors (Lipinski definition) is 0. The zero-order valence-corrected chi connectivity index (χ0v) is 10.2. The number of carbonyl (C=O) groups excluding carboxylic acids is 1. The maximum atomic E-state index is 10.9. The summed E-state index contributed by atoms with van der Waals surface area (Å²) >= 11 is 0. The molecule has 0 radical (unpaired) electrons. The maximum Gasteiger partial charge on any atom is 0.143 e. The van der Waals surface area contributed by atoms with Gasteiger partial charge in [-0.3, -0.25) is 9.69 Å². The van der Waals surface area contributed by atoms with Crippen molar-refractivity contribution in [2.75, 3.05) is 27.2 Å². The molecule has 0 amide bonds. The predicted molar refractivity (Wildman–Crippen MR) is 64.9 cm³/mol. The number of hydrogen-bond acceptors (Lipinski definition) is 3. The van der Waals surface area contributed by atoms with Crippen LogP contribution in [-0.2, 0) is 11.2 Å². The van der Waals surface area contributed by atoms with Crippen LogP contribution in [-0.4, -0.2) is 37.9 Å². The fourth-order valence-electron chi connectivity index (χ4n) is 1.61. The van der Waals surface area contributed by atoms with Crippen LogP contribution in [0.5, 0.6) is 5.75 Å². The van der Waals surface area contributed by atoms with E-state index in [2.05, 4.69) is 6.07 Å². The van der Waals surface area contributed by atoms with E-state index >= 15 is 0 Å². The highest BCUT2D eigenvalue weighted by Crippen LogP contribution is 2.12. The zero-order valence-electron chi connectivity index (χ0n) is 10.2. The molecule has 0 aliphatic heterocycles. The van der Waals surface area contributed by atoms with Gasteiger partial charge in [0, 0.05) is 6.54 Å². The molecule has 0 saturated carbocycles. The highest BCUT2D eigenvalue weighted by atomic mass is 16.5. The summed E-state index contributed by atoms with van der Waals surface area (Å²) in [5, 5.41) is 0. The Morgan fingerprint density at radius 1 is 1.44 bits per heavy atom. The molecule has 16 heavy (non-hydrogen) atoms. The second kappa shape index (κ2) is 6.28. The molecule has 0 spiro atoms. The predicted octanol–water partition coefficient (Wildman–Crippen LogP) is 1.76. The molecule has 1 rings (SSSR count). The summed E-state index contributed by atoms with van der Waals surface area (Å²) in [6.45, 7) is 3.01. The molecule has 0 atom stereocenters. The Bertz CT molecular complexity index is 350. The molecule has 0 heterocycles. The summed E-state index contributed by atoms with van der Waals surface area (Å²) < 4.78 is 5.16. The monoisotopic (exact) mass is 221 g/mol. The number of ether oxygens (including phenoxy) is 1. The summed E-state index contributed by atoms with van der Waals surface area (Å²) in [6.07, 6.45) is 0.932. The molecule has 0 N–H and O–H groups in total. The van der Waals surface area contributed by atoms with Crippen molar-refractivity contribution in [2.45, 2.75) is 13.3 Å². The normalized spacial score (nSPS) is 10.5. The highest BCUT2D eigenvalue weighted by molar-refractivity contribution is 5.77. The van der Waals surface area contributed by atoms with Crippen LogP contribution in [0.15, 0.2) is 24.3 Å². The second-order valence-corrected chi connectivity index (χ2v) is 4.04. The van der Waals surface area contributed by atoms with Gasteiger partial charge in [0.25, 0.3) is 0 Å². The van der Waals surface area contributed by atoms with Gasteiger partial charge in [0.15, 0.2) is 0 Å². The molecule has 0 aromatic heterocycles. The maximum absolute atomic E-state index is 10.9. The molecule has 1 aromatic rings. The molecule has 1 aromatic carbocycles. The van der Waals surface area contributed by atoms with E-state index in [0.29, 0.717) is 6.54 Å². The minimum atomic E-state index is 0.202. The number of carbonyl (C=O) groups is 1. The first-order valence-electron chi connectivity index (χ1n) is 5.42. The number of ketones is 1. The third-order valence-electron chi connectivity index (χ3n) is 2.41. The van der Waals surface area contributed by atoms with Crippen LogP contribution in [0.3, 0.4) is 0 Å². The third-order valence-corrected chi connectivity index (χ3v) is 2.41. The van der Waals surface area contributed by atoms with E-state index in [1.807, 2.05) is 30.1 Å². The number of benzene rings is 1. The SMILES string of the molecule is COc1cccc(CCN(C)CC(C)=O)c1. The molecule has 0 bridgehead atoms. The fourth-order valence-corrected chi connectivity index (χ4v) is 1.61. The van der Waals surface area contributed by atoms with Crippen molar-refractivity contribution >= 4 is 5.78 Å². The van der Waals surface area contributed by atoms with Gasteiger partial charge in [-0.2, -0.15) is 0 Å². The van der Waals surface area contributed by atoms with E-state index in [4.69, 9.17) is 4.74 Å². The first kappa shape index (κ1) is 12.7. The van der Waals surface area contributed by atoms with Crippen LogP contribution in [0.2, 0.25) is 0 Å². The smallest absolute Gasteiger partial charge is 0.143 e. The quantitative estimate of drug-likeness (QED) is 0.733. The van der Waals surface area contributed by atoms with E-state index in [-0.39, 0.29) is 5.78 Å². The van der Waals surface area contributed by atoms with Crippen molar-refractivity contribution in [3.63, 3.8) is 0 Å². The van der Waals surface area contributed by atoms with Gasteiger partial charge in [0.2, 0.25) is 0 Å². The Morgan fingerprint density at radius 2 is 2.19 bits per heavy atom. The Morgan fingerprint density at radius 3 is 2.81 bits per heavy atom. The van der Waals surface area contributed by atoms with Gasteiger partial charge in [0.1, 0.15) is 11.5 Å². The van der Waals surface area contributed by atoms with Crippen LogP contribution >= 0.6 is 0 Å². The van der Waals surface area contributed by atoms with Crippen molar-refractivity contribution in [1.82, 2.24) is 4.90 Å². The summed E-state index contributed by atoms with van der Waals surface area (Å²) in [5.74, 6) is 1.08. The lowest BCUT2D eigenvalue weighted by molar-refractivity contribution is -0.117. The van der Waals surface area contributed by atoms with Gasteiger partial charge < -0.3 is 4.74 Å². The van der Waals surface area contributed by atoms with E-state index in [9.17, 15) is 4.79 Å². The van der Waals surface area contributed by atoms with Crippen molar-refractivity contribution < 1.29 is 9.53 Å². The van der Waals surface area contributed by atoms with Gasteiger partial charge in [-0.1, -0.05) is 12.1 Å². The lowest BCUT2D eigenvalue weighted by atomic mass is 10.1. The first-order chi connectivity index (χ1) is 7.61. The van der Waals surface area contributed by atoms with Crippen molar-refractivity contribution in [1.29, 1.82) is 0 Å². The van der Waals surface area contributed by atoms with Crippen LogP contribution in [0.1, 0.15) is 12.5 Å². The standard InChI is InChI=1S/C13H19NO2/c1-11(15)10-14(2)8-7-12-5-4-6-13(9-12)16-3/h4-6,9H,7-8,10H2,1-3H3. The van der Waals surface area contributed by atoms with Gasteiger partial charge >= 0.3 is 0 Å². The number of rotatable bonds is 6. The van der Waals surface area contributed by atoms with E-state index in [1.165, 1.54) is 5.56 Å². The van der Waals surface area contributed by atoms with Crippen molar-refractivity contribution in [3.8, 4) is 5.75 Å². The van der Waals surface area contributed by atoms with Crippen molar-refractivity contribution in [3.05, 3.63) is 29.8 Å². The van der Waals surface area contributed by atoms with Gasteiger partial charge in [-0.25, -0.2) is 0 Å². The van der Waals surface area contributed by atoms with Crippen LogP contribution < -0.4 is 4.74 Å². The summed E-state index contributed by atoms with van der Waals surface area (Å²) in [4.78, 5) is 12.9. The zero-order chi connectivity index (χ0) is 12.0. The molecular weight excluding hydrogens is 202 g/mol. The molecule has 3 nitrogen and oxygen atoms in total. The molecule has 0 saturated heterocycles. The largest absolute Gasteiger partial charge is 0.497 e. The molecule has 0 fully saturated rings. The lowest BCUT2D eigenvalue weighted by Crippen LogP contribution is -2.26. The van der Waals surface area contributed by atoms with E-state index < -0.39 is 0 Å². The number of nitrogens with zero attached hydrogens (tertiary/aromatic N) is 1. The van der Waals surface area contributed by atoms with Crippen LogP contribution in [0, 0.1) is 0 Å². The Kier molecular flexibility index (Phi) is 4.99. The second-order valence-electron chi connectivity index (χ2n) is 4.04. The molecular formula is C13H19NO2. The Balaban J connectivity index is 2.44. The van der Waals surface area contributed by atoms with E-state index in [0.717, 1.165) is 18.7 Å². The summed E-state index contributed by atoms with van der Waals surface area (Å²) in [5.41, 5.74) is 1.23. The molecule has 88 valence electrons. The average Bonchev–Trinajstić information content (AvgIpc) is 2.26. The Hall–Kier alpha value is -1.35. The third kappa shape index (κ3) is 4.45. The number of methoxy groups -OCH3 is 1. The van der Waals surface area contributed by atoms with E-state index in [1.54, 1.807) is 14.0 Å². The lowest BCUT2D eigenvalue weighted by Gasteiger charge is -2.14. The van der Waals surface area contributed by atoms with Crippen LogP contribution in [0.4, 0.5) is 0 Å². The molecule has 3 heteroatoms. The first-order valence-corrected chi connectivity index (χ1v) is 5.42. The molecule has 0 unspecified atom stereocenters. The Labute approximate surface area is 97.0 Å². The van der Waals surface area contributed by atoms with Crippen LogP contribution in [0.25, 0.3) is 0 Å². The van der Waals surface area contributed by atoms with Gasteiger partial charge in [0.05, 0.1) is 13.7 Å². The molecule has 0 aliphatic carbocycles. The molecule has 0 aliphatic rings.